The SMILES string of the molecule is COC(=O)c1ccnc(C)c1.COC(=O)c1ccnc(Cl)c1. The van der Waals surface area contributed by atoms with Gasteiger partial charge < -0.3 is 9.47 Å². The smallest absolute Gasteiger partial charge is 0.338 e. The molecular weight excluding hydrogens is 308 g/mol. The van der Waals surface area contributed by atoms with Gasteiger partial charge in [0.05, 0.1) is 25.3 Å². The standard InChI is InChI=1S/C8H9NO2.C7H6ClNO2/c1-6-5-7(3-4-9-6)8(10)11-2;1-11-7(10)5-2-3-9-6(8)4-5/h3-5H,1-2H3;2-4H,1H3. The third-order valence-corrected chi connectivity index (χ3v) is 2.67. The summed E-state index contributed by atoms with van der Waals surface area (Å²) in [6, 6.07) is 6.30. The van der Waals surface area contributed by atoms with E-state index in [2.05, 4.69) is 19.4 Å². The Labute approximate surface area is 133 Å². The van der Waals surface area contributed by atoms with E-state index in [1.54, 1.807) is 18.3 Å². The lowest BCUT2D eigenvalue weighted by molar-refractivity contribution is 0.0591. The first kappa shape index (κ1) is 17.6. The van der Waals surface area contributed by atoms with Crippen molar-refractivity contribution in [2.45, 2.75) is 6.92 Å². The minimum Gasteiger partial charge on any atom is -0.465 e. The van der Waals surface area contributed by atoms with Gasteiger partial charge in [-0.1, -0.05) is 11.6 Å². The first-order valence-corrected chi connectivity index (χ1v) is 6.56. The maximum atomic E-state index is 10.9. The second-order valence-corrected chi connectivity index (χ2v) is 4.42. The quantitative estimate of drug-likeness (QED) is 0.625. The Morgan fingerprint density at radius 1 is 0.955 bits per heavy atom. The van der Waals surface area contributed by atoms with Crippen LogP contribution in [0.15, 0.2) is 36.7 Å². The van der Waals surface area contributed by atoms with Gasteiger partial charge in [0.25, 0.3) is 0 Å². The number of hydrogen-bond acceptors (Lipinski definition) is 6. The summed E-state index contributed by atoms with van der Waals surface area (Å²) in [5.74, 6) is -0.732. The summed E-state index contributed by atoms with van der Waals surface area (Å²) in [4.78, 5) is 29.4. The molecular formula is C15H15ClN2O4. The Balaban J connectivity index is 0.000000220. The van der Waals surface area contributed by atoms with E-state index in [0.717, 1.165) is 5.69 Å². The molecule has 7 heteroatoms. The van der Waals surface area contributed by atoms with Gasteiger partial charge in [0, 0.05) is 18.1 Å². The van der Waals surface area contributed by atoms with Crippen LogP contribution in [-0.4, -0.2) is 36.1 Å². The van der Waals surface area contributed by atoms with Crippen LogP contribution in [0, 0.1) is 6.92 Å². The van der Waals surface area contributed by atoms with Crippen molar-refractivity contribution in [2.75, 3.05) is 14.2 Å². The summed E-state index contributed by atoms with van der Waals surface area (Å²) in [5.41, 5.74) is 1.76. The molecule has 0 unspecified atom stereocenters. The van der Waals surface area contributed by atoms with Crippen molar-refractivity contribution >= 4 is 23.5 Å². The van der Waals surface area contributed by atoms with Gasteiger partial charge in [-0.3, -0.25) is 4.98 Å². The molecule has 0 fully saturated rings. The highest BCUT2D eigenvalue weighted by Crippen LogP contribution is 2.07. The highest BCUT2D eigenvalue weighted by atomic mass is 35.5. The molecule has 0 aliphatic carbocycles. The summed E-state index contributed by atoms with van der Waals surface area (Å²) < 4.78 is 8.99. The van der Waals surface area contributed by atoms with E-state index in [-0.39, 0.29) is 11.1 Å². The number of methoxy groups -OCH3 is 2. The zero-order valence-electron chi connectivity index (χ0n) is 12.4. The normalized spacial score (nSPS) is 9.27. The zero-order valence-corrected chi connectivity index (χ0v) is 13.1. The molecule has 0 aliphatic heterocycles. The van der Waals surface area contributed by atoms with Crippen molar-refractivity contribution in [1.29, 1.82) is 0 Å². The number of aromatic nitrogens is 2. The van der Waals surface area contributed by atoms with Crippen LogP contribution >= 0.6 is 11.6 Å². The van der Waals surface area contributed by atoms with Crippen LogP contribution < -0.4 is 0 Å². The second-order valence-electron chi connectivity index (χ2n) is 4.04. The summed E-state index contributed by atoms with van der Waals surface area (Å²) in [6.07, 6.45) is 3.04. The average Bonchev–Trinajstić information content (AvgIpc) is 2.54. The first-order valence-electron chi connectivity index (χ1n) is 6.18. The Bertz CT molecular complexity index is 604. The molecule has 0 saturated carbocycles. The Kier molecular flexibility index (Phi) is 6.98. The minimum atomic E-state index is -0.408. The van der Waals surface area contributed by atoms with Crippen LogP contribution in [0.3, 0.4) is 0 Å². The van der Waals surface area contributed by atoms with Gasteiger partial charge in [-0.15, -0.1) is 0 Å². The molecule has 0 N–H and O–H groups in total. The summed E-state index contributed by atoms with van der Waals surface area (Å²) >= 11 is 5.53. The molecule has 2 aromatic heterocycles. The molecule has 2 rings (SSSR count). The highest BCUT2D eigenvalue weighted by Gasteiger charge is 2.04. The Morgan fingerprint density at radius 2 is 1.45 bits per heavy atom. The molecule has 0 aromatic carbocycles. The number of rotatable bonds is 2. The van der Waals surface area contributed by atoms with Gasteiger partial charge in [-0.05, 0) is 31.2 Å². The van der Waals surface area contributed by atoms with Gasteiger partial charge >= 0.3 is 11.9 Å². The molecule has 0 spiro atoms. The zero-order chi connectivity index (χ0) is 16.5. The fourth-order valence-corrected chi connectivity index (χ4v) is 1.61. The number of carbonyl (C=O) groups excluding carboxylic acids is 2. The number of esters is 2. The van der Waals surface area contributed by atoms with Crippen LogP contribution in [0.5, 0.6) is 0 Å². The maximum absolute atomic E-state index is 10.9. The van der Waals surface area contributed by atoms with Crippen LogP contribution in [0.1, 0.15) is 26.4 Å². The summed E-state index contributed by atoms with van der Waals surface area (Å²) in [6.45, 7) is 1.83. The fraction of sp³-hybridized carbons (Fsp3) is 0.200. The van der Waals surface area contributed by atoms with E-state index >= 15 is 0 Å². The molecule has 22 heavy (non-hydrogen) atoms. The number of carbonyl (C=O) groups is 2. The van der Waals surface area contributed by atoms with Crippen molar-refractivity contribution in [1.82, 2.24) is 9.97 Å². The predicted molar refractivity (Wildman–Crippen MR) is 80.9 cm³/mol. The lowest BCUT2D eigenvalue weighted by Gasteiger charge is -1.97. The number of aryl methyl sites for hydroxylation is 1. The van der Waals surface area contributed by atoms with E-state index in [4.69, 9.17) is 11.6 Å². The lowest BCUT2D eigenvalue weighted by Crippen LogP contribution is -2.01. The van der Waals surface area contributed by atoms with Gasteiger partial charge in [0.15, 0.2) is 0 Å². The lowest BCUT2D eigenvalue weighted by atomic mass is 10.2. The highest BCUT2D eigenvalue weighted by molar-refractivity contribution is 6.29. The molecule has 0 saturated heterocycles. The van der Waals surface area contributed by atoms with Crippen molar-refractivity contribution < 1.29 is 19.1 Å². The number of ether oxygens (including phenoxy) is 2. The first-order chi connectivity index (χ1) is 10.5. The molecule has 0 bridgehead atoms. The molecule has 2 heterocycles. The number of nitrogens with zero attached hydrogens (tertiary/aromatic N) is 2. The van der Waals surface area contributed by atoms with E-state index < -0.39 is 5.97 Å². The minimum absolute atomic E-state index is 0.285. The van der Waals surface area contributed by atoms with E-state index in [1.807, 2.05) is 6.92 Å². The van der Waals surface area contributed by atoms with Crippen molar-refractivity contribution in [3.63, 3.8) is 0 Å². The Morgan fingerprint density at radius 3 is 1.91 bits per heavy atom. The van der Waals surface area contributed by atoms with Gasteiger partial charge in [-0.25, -0.2) is 14.6 Å². The number of halogens is 1. The topological polar surface area (TPSA) is 78.4 Å². The van der Waals surface area contributed by atoms with Crippen molar-refractivity contribution in [2.24, 2.45) is 0 Å². The maximum Gasteiger partial charge on any atom is 0.338 e. The molecule has 2 aromatic rings. The monoisotopic (exact) mass is 322 g/mol. The average molecular weight is 323 g/mol. The van der Waals surface area contributed by atoms with E-state index in [1.165, 1.54) is 32.5 Å². The van der Waals surface area contributed by atoms with Crippen LogP contribution in [0.4, 0.5) is 0 Å². The van der Waals surface area contributed by atoms with E-state index in [0.29, 0.717) is 11.1 Å². The summed E-state index contributed by atoms with van der Waals surface area (Å²) in [5, 5.41) is 0.285. The third kappa shape index (κ3) is 5.49. The third-order valence-electron chi connectivity index (χ3n) is 2.47. The molecule has 0 aliphatic rings. The van der Waals surface area contributed by atoms with Crippen molar-refractivity contribution in [3.05, 3.63) is 58.6 Å². The second kappa shape index (κ2) is 8.74. The molecule has 6 nitrogen and oxygen atoms in total. The van der Waals surface area contributed by atoms with Gasteiger partial charge in [0.1, 0.15) is 5.15 Å². The molecule has 0 amide bonds. The molecule has 0 atom stereocenters. The predicted octanol–water partition coefficient (Wildman–Crippen LogP) is 2.70. The summed E-state index contributed by atoms with van der Waals surface area (Å²) in [7, 11) is 2.68. The molecule has 0 radical (unpaired) electrons. The van der Waals surface area contributed by atoms with Crippen LogP contribution in [0.2, 0.25) is 5.15 Å². The van der Waals surface area contributed by atoms with Crippen LogP contribution in [-0.2, 0) is 9.47 Å². The van der Waals surface area contributed by atoms with Crippen LogP contribution in [0.25, 0.3) is 0 Å². The van der Waals surface area contributed by atoms with Crippen molar-refractivity contribution in [3.8, 4) is 0 Å². The van der Waals surface area contributed by atoms with Gasteiger partial charge in [-0.2, -0.15) is 0 Å². The molecule has 116 valence electrons. The Hall–Kier alpha value is -2.47. The number of pyridine rings is 2. The largest absolute Gasteiger partial charge is 0.465 e. The van der Waals surface area contributed by atoms with Gasteiger partial charge in [0.2, 0.25) is 0 Å². The van der Waals surface area contributed by atoms with E-state index in [9.17, 15) is 9.59 Å². The number of hydrogen-bond donors (Lipinski definition) is 0. The fourth-order valence-electron chi connectivity index (χ4n) is 1.44.